The van der Waals surface area contributed by atoms with Crippen LogP contribution in [0.4, 0.5) is 0 Å². The Labute approximate surface area is 299 Å². The molecule has 1 nitrogen and oxygen atoms in total. The standard InChI is InChI=1S/C46H90O/c1-5-7-9-11-13-15-17-19-21-23-25-27-29-31-33-35-37-39-41-43-45(3)47-46(4)44-42-40-38-36-34-32-30-28-26-24-22-20-18-16-14-12-10-8-6-2/h3-44H2,1-2H3. The zero-order chi connectivity index (χ0) is 34.1. The second-order valence-corrected chi connectivity index (χ2v) is 15.4. The second kappa shape index (κ2) is 41.5. The van der Waals surface area contributed by atoms with Gasteiger partial charge in [-0.05, 0) is 12.8 Å². The van der Waals surface area contributed by atoms with Gasteiger partial charge in [-0.25, -0.2) is 0 Å². The molecule has 0 aliphatic carbocycles. The molecule has 47 heavy (non-hydrogen) atoms. The fraction of sp³-hybridized carbons (Fsp3) is 0.913. The molecular weight excluding hydrogens is 569 g/mol. The van der Waals surface area contributed by atoms with E-state index < -0.39 is 0 Å². The van der Waals surface area contributed by atoms with Gasteiger partial charge in [0.15, 0.2) is 0 Å². The Bertz CT molecular complexity index is 554. The Morgan fingerprint density at radius 2 is 0.404 bits per heavy atom. The highest BCUT2D eigenvalue weighted by Gasteiger charge is 2.02. The van der Waals surface area contributed by atoms with Crippen molar-refractivity contribution in [3.8, 4) is 0 Å². The van der Waals surface area contributed by atoms with E-state index in [0.29, 0.717) is 0 Å². The summed E-state index contributed by atoms with van der Waals surface area (Å²) in [7, 11) is 0. The van der Waals surface area contributed by atoms with Gasteiger partial charge in [0.1, 0.15) is 0 Å². The van der Waals surface area contributed by atoms with E-state index in [2.05, 4.69) is 27.0 Å². The molecule has 0 saturated carbocycles. The van der Waals surface area contributed by atoms with Crippen LogP contribution in [-0.4, -0.2) is 0 Å². The second-order valence-electron chi connectivity index (χ2n) is 15.4. The third kappa shape index (κ3) is 41.4. The summed E-state index contributed by atoms with van der Waals surface area (Å²) in [6.07, 6.45) is 56.1. The van der Waals surface area contributed by atoms with E-state index in [1.54, 1.807) is 0 Å². The highest BCUT2D eigenvalue weighted by atomic mass is 16.5. The van der Waals surface area contributed by atoms with E-state index in [1.165, 1.54) is 244 Å². The lowest BCUT2D eigenvalue weighted by Gasteiger charge is -2.11. The quantitative estimate of drug-likeness (QED) is 0.0468. The number of rotatable bonds is 42. The molecule has 0 aromatic carbocycles. The van der Waals surface area contributed by atoms with Crippen LogP contribution in [0.1, 0.15) is 271 Å². The van der Waals surface area contributed by atoms with Crippen LogP contribution in [0.15, 0.2) is 24.7 Å². The molecule has 0 heterocycles. The largest absolute Gasteiger partial charge is 0.467 e. The molecule has 0 amide bonds. The first kappa shape index (κ1) is 46.3. The molecule has 0 bridgehead atoms. The number of hydrogen-bond acceptors (Lipinski definition) is 1. The van der Waals surface area contributed by atoms with Crippen LogP contribution in [0.2, 0.25) is 0 Å². The molecule has 0 N–H and O–H groups in total. The molecule has 0 fully saturated rings. The summed E-state index contributed by atoms with van der Waals surface area (Å²) in [5.74, 6) is 1.86. The number of ether oxygens (including phenoxy) is 1. The van der Waals surface area contributed by atoms with E-state index in [1.807, 2.05) is 0 Å². The van der Waals surface area contributed by atoms with E-state index in [4.69, 9.17) is 4.74 Å². The van der Waals surface area contributed by atoms with E-state index >= 15 is 0 Å². The Morgan fingerprint density at radius 1 is 0.255 bits per heavy atom. The molecule has 0 aliphatic heterocycles. The summed E-state index contributed by atoms with van der Waals surface area (Å²) >= 11 is 0. The van der Waals surface area contributed by atoms with Gasteiger partial charge >= 0.3 is 0 Å². The fourth-order valence-electron chi connectivity index (χ4n) is 7.11. The van der Waals surface area contributed by atoms with Crippen molar-refractivity contribution in [2.45, 2.75) is 271 Å². The SMILES string of the molecule is C=C(CCCCCCCCCCCCCCCCCCCCC)OC(=C)CCCCCCCCCCCCCCCCCCCCC. The van der Waals surface area contributed by atoms with Crippen LogP contribution < -0.4 is 0 Å². The molecule has 0 rings (SSSR count). The van der Waals surface area contributed by atoms with Gasteiger partial charge in [-0.3, -0.25) is 0 Å². The van der Waals surface area contributed by atoms with Gasteiger partial charge in [-0.1, -0.05) is 258 Å². The number of unbranched alkanes of at least 4 members (excludes halogenated alkanes) is 36. The highest BCUT2D eigenvalue weighted by molar-refractivity contribution is 4.93. The van der Waals surface area contributed by atoms with Gasteiger partial charge in [0.25, 0.3) is 0 Å². The summed E-state index contributed by atoms with van der Waals surface area (Å²) in [5.41, 5.74) is 0. The first-order valence-electron chi connectivity index (χ1n) is 22.2. The summed E-state index contributed by atoms with van der Waals surface area (Å²) in [6.45, 7) is 12.9. The summed E-state index contributed by atoms with van der Waals surface area (Å²) in [6, 6.07) is 0. The average Bonchev–Trinajstić information content (AvgIpc) is 3.06. The summed E-state index contributed by atoms with van der Waals surface area (Å²) in [5, 5.41) is 0. The monoisotopic (exact) mass is 659 g/mol. The zero-order valence-electron chi connectivity index (χ0n) is 33.1. The maximum absolute atomic E-state index is 5.94. The minimum Gasteiger partial charge on any atom is -0.467 e. The van der Waals surface area contributed by atoms with E-state index in [9.17, 15) is 0 Å². The van der Waals surface area contributed by atoms with Crippen LogP contribution >= 0.6 is 0 Å². The maximum atomic E-state index is 5.94. The van der Waals surface area contributed by atoms with Gasteiger partial charge < -0.3 is 4.74 Å². The highest BCUT2D eigenvalue weighted by Crippen LogP contribution is 2.20. The van der Waals surface area contributed by atoms with Gasteiger partial charge in [0.2, 0.25) is 0 Å². The van der Waals surface area contributed by atoms with Crippen molar-refractivity contribution >= 4 is 0 Å². The van der Waals surface area contributed by atoms with Gasteiger partial charge in [-0.2, -0.15) is 0 Å². The predicted molar refractivity (Wildman–Crippen MR) is 215 cm³/mol. The molecule has 0 spiro atoms. The summed E-state index contributed by atoms with van der Waals surface area (Å²) in [4.78, 5) is 0. The van der Waals surface area contributed by atoms with Crippen molar-refractivity contribution in [3.05, 3.63) is 24.7 Å². The summed E-state index contributed by atoms with van der Waals surface area (Å²) < 4.78 is 5.94. The van der Waals surface area contributed by atoms with Gasteiger partial charge in [-0.15, -0.1) is 0 Å². The zero-order valence-corrected chi connectivity index (χ0v) is 33.1. The van der Waals surface area contributed by atoms with E-state index in [0.717, 1.165) is 24.4 Å². The third-order valence-electron chi connectivity index (χ3n) is 10.4. The molecule has 280 valence electrons. The lowest BCUT2D eigenvalue weighted by atomic mass is 10.0. The van der Waals surface area contributed by atoms with Crippen molar-refractivity contribution < 1.29 is 4.74 Å². The lowest BCUT2D eigenvalue weighted by Crippen LogP contribution is -1.93. The molecule has 0 atom stereocenters. The maximum Gasteiger partial charge on any atom is 0.0964 e. The van der Waals surface area contributed by atoms with Gasteiger partial charge in [0.05, 0.1) is 11.5 Å². The minimum atomic E-state index is 0.930. The molecule has 0 unspecified atom stereocenters. The van der Waals surface area contributed by atoms with Crippen molar-refractivity contribution in [2.24, 2.45) is 0 Å². The smallest absolute Gasteiger partial charge is 0.0964 e. The Hall–Kier alpha value is -0.720. The van der Waals surface area contributed by atoms with Crippen molar-refractivity contribution in [3.63, 3.8) is 0 Å². The first-order valence-corrected chi connectivity index (χ1v) is 22.2. The van der Waals surface area contributed by atoms with Crippen molar-refractivity contribution in [1.82, 2.24) is 0 Å². The Morgan fingerprint density at radius 3 is 0.574 bits per heavy atom. The van der Waals surface area contributed by atoms with Crippen LogP contribution in [0, 0.1) is 0 Å². The van der Waals surface area contributed by atoms with Crippen LogP contribution in [0.3, 0.4) is 0 Å². The molecule has 0 aliphatic rings. The first-order chi connectivity index (χ1) is 23.2. The molecule has 0 aromatic heterocycles. The normalized spacial score (nSPS) is 11.4. The topological polar surface area (TPSA) is 9.23 Å². The van der Waals surface area contributed by atoms with Gasteiger partial charge in [0, 0.05) is 12.8 Å². The third-order valence-corrected chi connectivity index (χ3v) is 10.4. The molecular formula is C46H90O. The predicted octanol–water partition coefficient (Wildman–Crippen LogP) is 17.7. The van der Waals surface area contributed by atoms with Crippen molar-refractivity contribution in [2.75, 3.05) is 0 Å². The van der Waals surface area contributed by atoms with Crippen LogP contribution in [0.25, 0.3) is 0 Å². The Kier molecular flexibility index (Phi) is 40.8. The Balaban J connectivity index is 3.25. The van der Waals surface area contributed by atoms with E-state index in [-0.39, 0.29) is 0 Å². The van der Waals surface area contributed by atoms with Crippen LogP contribution in [-0.2, 0) is 4.74 Å². The van der Waals surface area contributed by atoms with Crippen molar-refractivity contribution in [1.29, 1.82) is 0 Å². The average molecular weight is 659 g/mol. The minimum absolute atomic E-state index is 0.930. The molecule has 0 radical (unpaired) electrons. The van der Waals surface area contributed by atoms with Crippen LogP contribution in [0.5, 0.6) is 0 Å². The molecule has 0 saturated heterocycles. The fourth-order valence-corrected chi connectivity index (χ4v) is 7.11. The molecule has 0 aromatic rings. The number of allylic oxidation sites excluding steroid dienone is 2. The lowest BCUT2D eigenvalue weighted by molar-refractivity contribution is 0.274. The number of hydrogen-bond donors (Lipinski definition) is 0. The molecule has 1 heteroatoms.